The average molecular weight is 151 g/mol. The lowest BCUT2D eigenvalue weighted by Gasteiger charge is -2.08. The highest BCUT2D eigenvalue weighted by Crippen LogP contribution is 2.21. The molecule has 0 radical (unpaired) electrons. The van der Waals surface area contributed by atoms with Crippen LogP contribution in [0.5, 0.6) is 0 Å². The zero-order valence-corrected chi connectivity index (χ0v) is 7.10. The van der Waals surface area contributed by atoms with E-state index in [0.29, 0.717) is 0 Å². The third kappa shape index (κ3) is 1.27. The van der Waals surface area contributed by atoms with Crippen LogP contribution >= 0.6 is 0 Å². The molecule has 0 aliphatic heterocycles. The van der Waals surface area contributed by atoms with E-state index < -0.39 is 0 Å². The molecule has 1 rings (SSSR count). The Bertz CT molecular complexity index is 268. The second-order valence-corrected chi connectivity index (χ2v) is 2.58. The SMILES string of the molecule is CNc1ncc(C)c(C)c1N. The van der Waals surface area contributed by atoms with Crippen molar-refractivity contribution in [3.63, 3.8) is 0 Å². The lowest BCUT2D eigenvalue weighted by Crippen LogP contribution is -2.01. The number of aryl methyl sites for hydroxylation is 1. The highest BCUT2D eigenvalue weighted by Gasteiger charge is 2.02. The van der Waals surface area contributed by atoms with E-state index in [1.54, 1.807) is 0 Å². The lowest BCUT2D eigenvalue weighted by atomic mass is 10.1. The molecule has 3 nitrogen and oxygen atoms in total. The van der Waals surface area contributed by atoms with Crippen molar-refractivity contribution >= 4 is 11.5 Å². The van der Waals surface area contributed by atoms with Gasteiger partial charge in [0.2, 0.25) is 0 Å². The molecule has 1 aromatic heterocycles. The molecule has 0 bridgehead atoms. The van der Waals surface area contributed by atoms with Crippen LogP contribution in [0.25, 0.3) is 0 Å². The molecule has 3 N–H and O–H groups in total. The second-order valence-electron chi connectivity index (χ2n) is 2.58. The van der Waals surface area contributed by atoms with Crippen molar-refractivity contribution in [2.24, 2.45) is 0 Å². The number of nitrogens with one attached hydrogen (secondary N) is 1. The van der Waals surface area contributed by atoms with E-state index in [4.69, 9.17) is 5.73 Å². The molecule has 0 aromatic carbocycles. The van der Waals surface area contributed by atoms with Crippen molar-refractivity contribution in [1.29, 1.82) is 0 Å². The zero-order valence-electron chi connectivity index (χ0n) is 7.10. The number of anilines is 2. The standard InChI is InChI=1S/C8H13N3/c1-5-4-11-8(10-3)7(9)6(5)2/h4H,9H2,1-3H3,(H,10,11). The van der Waals surface area contributed by atoms with Crippen LogP contribution in [-0.2, 0) is 0 Å². The zero-order chi connectivity index (χ0) is 8.43. The van der Waals surface area contributed by atoms with E-state index in [9.17, 15) is 0 Å². The van der Waals surface area contributed by atoms with E-state index in [1.165, 1.54) is 0 Å². The minimum Gasteiger partial charge on any atom is -0.396 e. The summed E-state index contributed by atoms with van der Waals surface area (Å²) in [5.41, 5.74) is 8.74. The summed E-state index contributed by atoms with van der Waals surface area (Å²) in [6, 6.07) is 0. The maximum absolute atomic E-state index is 5.77. The van der Waals surface area contributed by atoms with Crippen LogP contribution in [0.15, 0.2) is 6.20 Å². The maximum atomic E-state index is 5.77. The number of hydrogen-bond donors (Lipinski definition) is 2. The number of rotatable bonds is 1. The lowest BCUT2D eigenvalue weighted by molar-refractivity contribution is 1.21. The largest absolute Gasteiger partial charge is 0.396 e. The Hall–Kier alpha value is -1.25. The van der Waals surface area contributed by atoms with E-state index in [0.717, 1.165) is 22.6 Å². The van der Waals surface area contributed by atoms with Crippen molar-refractivity contribution in [2.45, 2.75) is 13.8 Å². The average Bonchev–Trinajstić information content (AvgIpc) is 2.01. The molecule has 3 heteroatoms. The summed E-state index contributed by atoms with van der Waals surface area (Å²) in [4.78, 5) is 4.12. The van der Waals surface area contributed by atoms with Gasteiger partial charge >= 0.3 is 0 Å². The second kappa shape index (κ2) is 2.78. The topological polar surface area (TPSA) is 50.9 Å². The molecule has 1 heterocycles. The molecule has 0 unspecified atom stereocenters. The van der Waals surface area contributed by atoms with E-state index in [-0.39, 0.29) is 0 Å². The summed E-state index contributed by atoms with van der Waals surface area (Å²) in [7, 11) is 1.81. The van der Waals surface area contributed by atoms with Gasteiger partial charge in [0.1, 0.15) is 5.82 Å². The number of nitrogen functional groups attached to an aromatic ring is 1. The Labute approximate surface area is 66.6 Å². The van der Waals surface area contributed by atoms with Gasteiger partial charge in [0, 0.05) is 13.2 Å². The van der Waals surface area contributed by atoms with Gasteiger partial charge in [0.25, 0.3) is 0 Å². The van der Waals surface area contributed by atoms with Crippen LogP contribution in [0, 0.1) is 13.8 Å². The molecule has 0 saturated carbocycles. The summed E-state index contributed by atoms with van der Waals surface area (Å²) >= 11 is 0. The van der Waals surface area contributed by atoms with Crippen LogP contribution < -0.4 is 11.1 Å². The monoisotopic (exact) mass is 151 g/mol. The molecule has 1 aromatic rings. The van der Waals surface area contributed by atoms with Crippen LogP contribution in [0.4, 0.5) is 11.5 Å². The Balaban J connectivity index is 3.25. The smallest absolute Gasteiger partial charge is 0.149 e. The first kappa shape index (κ1) is 7.85. The summed E-state index contributed by atoms with van der Waals surface area (Å²) in [5, 5.41) is 2.93. The molecule has 0 fully saturated rings. The summed E-state index contributed by atoms with van der Waals surface area (Å²) in [5.74, 6) is 0.758. The molecule has 60 valence electrons. The Morgan fingerprint density at radius 2 is 2.09 bits per heavy atom. The van der Waals surface area contributed by atoms with Gasteiger partial charge in [-0.15, -0.1) is 0 Å². The van der Waals surface area contributed by atoms with E-state index >= 15 is 0 Å². The predicted octanol–water partition coefficient (Wildman–Crippen LogP) is 1.32. The Morgan fingerprint density at radius 1 is 1.45 bits per heavy atom. The molecule has 0 spiro atoms. The summed E-state index contributed by atoms with van der Waals surface area (Å²) < 4.78 is 0. The molecular formula is C8H13N3. The van der Waals surface area contributed by atoms with Gasteiger partial charge in [-0.3, -0.25) is 0 Å². The minimum atomic E-state index is 0.743. The van der Waals surface area contributed by atoms with E-state index in [1.807, 2.05) is 27.1 Å². The van der Waals surface area contributed by atoms with Crippen LogP contribution in [0.2, 0.25) is 0 Å². The molecule has 0 amide bonds. The molecule has 0 atom stereocenters. The first-order chi connectivity index (χ1) is 5.16. The maximum Gasteiger partial charge on any atom is 0.149 e. The van der Waals surface area contributed by atoms with Crippen LogP contribution in [0.3, 0.4) is 0 Å². The third-order valence-electron chi connectivity index (χ3n) is 1.87. The Kier molecular flexibility index (Phi) is 1.98. The van der Waals surface area contributed by atoms with E-state index in [2.05, 4.69) is 10.3 Å². The van der Waals surface area contributed by atoms with Gasteiger partial charge in [0.15, 0.2) is 0 Å². The predicted molar refractivity (Wildman–Crippen MR) is 47.7 cm³/mol. The first-order valence-corrected chi connectivity index (χ1v) is 3.56. The van der Waals surface area contributed by atoms with Gasteiger partial charge in [-0.25, -0.2) is 4.98 Å². The fourth-order valence-corrected chi connectivity index (χ4v) is 0.917. The normalized spacial score (nSPS) is 9.73. The Morgan fingerprint density at radius 3 is 2.64 bits per heavy atom. The molecule has 11 heavy (non-hydrogen) atoms. The first-order valence-electron chi connectivity index (χ1n) is 3.56. The molecule has 0 aliphatic rings. The summed E-state index contributed by atoms with van der Waals surface area (Å²) in [6.45, 7) is 3.99. The van der Waals surface area contributed by atoms with Crippen LogP contribution in [0.1, 0.15) is 11.1 Å². The number of hydrogen-bond acceptors (Lipinski definition) is 3. The van der Waals surface area contributed by atoms with Gasteiger partial charge in [-0.1, -0.05) is 0 Å². The molecule has 0 saturated heterocycles. The highest BCUT2D eigenvalue weighted by atomic mass is 15.0. The van der Waals surface area contributed by atoms with Gasteiger partial charge in [0.05, 0.1) is 5.69 Å². The van der Waals surface area contributed by atoms with Crippen molar-refractivity contribution in [3.8, 4) is 0 Å². The fourth-order valence-electron chi connectivity index (χ4n) is 0.917. The summed E-state index contributed by atoms with van der Waals surface area (Å²) in [6.07, 6.45) is 1.82. The number of nitrogens with two attached hydrogens (primary N) is 1. The molecule has 0 aliphatic carbocycles. The van der Waals surface area contributed by atoms with Crippen molar-refractivity contribution < 1.29 is 0 Å². The number of aromatic nitrogens is 1. The van der Waals surface area contributed by atoms with Crippen LogP contribution in [-0.4, -0.2) is 12.0 Å². The van der Waals surface area contributed by atoms with Gasteiger partial charge < -0.3 is 11.1 Å². The number of nitrogens with zero attached hydrogens (tertiary/aromatic N) is 1. The van der Waals surface area contributed by atoms with Crippen molar-refractivity contribution in [2.75, 3.05) is 18.1 Å². The number of pyridine rings is 1. The molecular weight excluding hydrogens is 138 g/mol. The highest BCUT2D eigenvalue weighted by molar-refractivity contribution is 5.66. The van der Waals surface area contributed by atoms with Gasteiger partial charge in [-0.05, 0) is 25.0 Å². The van der Waals surface area contributed by atoms with Crippen molar-refractivity contribution in [1.82, 2.24) is 4.98 Å². The van der Waals surface area contributed by atoms with Crippen molar-refractivity contribution in [3.05, 3.63) is 17.3 Å². The quantitative estimate of drug-likeness (QED) is 0.636. The third-order valence-corrected chi connectivity index (χ3v) is 1.87. The fraction of sp³-hybridized carbons (Fsp3) is 0.375. The van der Waals surface area contributed by atoms with Gasteiger partial charge in [-0.2, -0.15) is 0 Å². The minimum absolute atomic E-state index is 0.743.